The van der Waals surface area contributed by atoms with Gasteiger partial charge in [-0.1, -0.05) is 13.8 Å². The summed E-state index contributed by atoms with van der Waals surface area (Å²) < 4.78 is 5.64. The molecule has 0 bridgehead atoms. The number of nitrogens with one attached hydrogen (secondary N) is 1. The van der Waals surface area contributed by atoms with Crippen LogP contribution in [0.4, 0.5) is 0 Å². The molecule has 0 aromatic heterocycles. The van der Waals surface area contributed by atoms with E-state index in [1.807, 2.05) is 0 Å². The van der Waals surface area contributed by atoms with Gasteiger partial charge in [0.1, 0.15) is 0 Å². The second-order valence-corrected chi connectivity index (χ2v) is 6.65. The van der Waals surface area contributed by atoms with Crippen LogP contribution >= 0.6 is 0 Å². The lowest BCUT2D eigenvalue weighted by atomic mass is 10.1. The van der Waals surface area contributed by atoms with Gasteiger partial charge in [-0.3, -0.25) is 0 Å². The molecular weight excluding hydrogens is 224 g/mol. The maximum atomic E-state index is 5.64. The van der Waals surface area contributed by atoms with Gasteiger partial charge in [-0.15, -0.1) is 0 Å². The standard InChI is InChI=1S/C15H34N2O/c1-14(2)13-17(6)10-8-12-18-11-7-9-16-15(3,4)5/h14,16H,7-13H2,1-6H3. The molecule has 3 nitrogen and oxygen atoms in total. The quantitative estimate of drug-likeness (QED) is 0.610. The van der Waals surface area contributed by atoms with Gasteiger partial charge >= 0.3 is 0 Å². The molecule has 0 fully saturated rings. The molecule has 110 valence electrons. The highest BCUT2D eigenvalue weighted by atomic mass is 16.5. The second-order valence-electron chi connectivity index (χ2n) is 6.65. The van der Waals surface area contributed by atoms with Crippen LogP contribution in [-0.4, -0.2) is 50.3 Å². The van der Waals surface area contributed by atoms with Crippen LogP contribution in [0.3, 0.4) is 0 Å². The third kappa shape index (κ3) is 13.9. The van der Waals surface area contributed by atoms with Crippen LogP contribution in [0.15, 0.2) is 0 Å². The Morgan fingerprint density at radius 3 is 2.28 bits per heavy atom. The summed E-state index contributed by atoms with van der Waals surface area (Å²) >= 11 is 0. The van der Waals surface area contributed by atoms with Gasteiger partial charge in [-0.25, -0.2) is 0 Å². The molecule has 0 aromatic carbocycles. The van der Waals surface area contributed by atoms with Crippen molar-refractivity contribution < 1.29 is 4.74 Å². The number of hydrogen-bond donors (Lipinski definition) is 1. The van der Waals surface area contributed by atoms with Gasteiger partial charge in [-0.2, -0.15) is 0 Å². The van der Waals surface area contributed by atoms with Crippen LogP contribution in [0.1, 0.15) is 47.5 Å². The molecular formula is C15H34N2O. The molecule has 0 amide bonds. The largest absolute Gasteiger partial charge is 0.381 e. The molecule has 0 radical (unpaired) electrons. The first kappa shape index (κ1) is 17.9. The van der Waals surface area contributed by atoms with Gasteiger partial charge in [0.2, 0.25) is 0 Å². The summed E-state index contributed by atoms with van der Waals surface area (Å²) in [7, 11) is 2.19. The first-order valence-electron chi connectivity index (χ1n) is 7.32. The Labute approximate surface area is 114 Å². The molecule has 0 atom stereocenters. The monoisotopic (exact) mass is 258 g/mol. The van der Waals surface area contributed by atoms with E-state index in [1.54, 1.807) is 0 Å². The van der Waals surface area contributed by atoms with Gasteiger partial charge in [0.25, 0.3) is 0 Å². The highest BCUT2D eigenvalue weighted by Crippen LogP contribution is 1.99. The minimum absolute atomic E-state index is 0.222. The lowest BCUT2D eigenvalue weighted by Crippen LogP contribution is -2.36. The molecule has 18 heavy (non-hydrogen) atoms. The maximum absolute atomic E-state index is 5.64. The average Bonchev–Trinajstić information content (AvgIpc) is 2.19. The molecule has 0 saturated carbocycles. The van der Waals surface area contributed by atoms with E-state index < -0.39 is 0 Å². The molecule has 0 aliphatic carbocycles. The Hall–Kier alpha value is -0.120. The van der Waals surface area contributed by atoms with Gasteiger partial charge in [0.05, 0.1) is 0 Å². The van der Waals surface area contributed by atoms with E-state index >= 15 is 0 Å². The van der Waals surface area contributed by atoms with Crippen molar-refractivity contribution in [1.29, 1.82) is 0 Å². The second kappa shape index (κ2) is 9.76. The first-order chi connectivity index (χ1) is 8.31. The zero-order chi connectivity index (χ0) is 14.0. The van der Waals surface area contributed by atoms with E-state index in [1.165, 1.54) is 6.54 Å². The highest BCUT2D eigenvalue weighted by molar-refractivity contribution is 4.69. The van der Waals surface area contributed by atoms with Crippen LogP contribution in [0.5, 0.6) is 0 Å². The van der Waals surface area contributed by atoms with Crippen molar-refractivity contribution in [2.45, 2.75) is 53.0 Å². The summed E-state index contributed by atoms with van der Waals surface area (Å²) in [5, 5.41) is 3.46. The zero-order valence-electron chi connectivity index (χ0n) is 13.4. The third-order valence-corrected chi connectivity index (χ3v) is 2.63. The summed E-state index contributed by atoms with van der Waals surface area (Å²) in [6.07, 6.45) is 2.23. The molecule has 0 unspecified atom stereocenters. The first-order valence-corrected chi connectivity index (χ1v) is 7.32. The van der Waals surface area contributed by atoms with Crippen molar-refractivity contribution in [2.24, 2.45) is 5.92 Å². The fourth-order valence-corrected chi connectivity index (χ4v) is 1.89. The number of rotatable bonds is 10. The summed E-state index contributed by atoms with van der Waals surface area (Å²) in [6, 6.07) is 0. The van der Waals surface area contributed by atoms with E-state index in [2.05, 4.69) is 51.9 Å². The summed E-state index contributed by atoms with van der Waals surface area (Å²) in [6.45, 7) is 16.2. The van der Waals surface area contributed by atoms with E-state index in [9.17, 15) is 0 Å². The van der Waals surface area contributed by atoms with Crippen LogP contribution < -0.4 is 5.32 Å². The lowest BCUT2D eigenvalue weighted by molar-refractivity contribution is 0.119. The molecule has 3 heteroatoms. The fourth-order valence-electron chi connectivity index (χ4n) is 1.89. The molecule has 1 N–H and O–H groups in total. The van der Waals surface area contributed by atoms with Crippen molar-refractivity contribution in [2.75, 3.05) is 39.9 Å². The van der Waals surface area contributed by atoms with Crippen LogP contribution in [0.25, 0.3) is 0 Å². The Morgan fingerprint density at radius 2 is 1.72 bits per heavy atom. The van der Waals surface area contributed by atoms with E-state index in [0.717, 1.165) is 45.1 Å². The summed E-state index contributed by atoms with van der Waals surface area (Å²) in [5.74, 6) is 0.749. The molecule has 0 aliphatic rings. The van der Waals surface area contributed by atoms with Crippen LogP contribution in [-0.2, 0) is 4.74 Å². The third-order valence-electron chi connectivity index (χ3n) is 2.63. The average molecular weight is 258 g/mol. The van der Waals surface area contributed by atoms with Crippen LogP contribution in [0.2, 0.25) is 0 Å². The Kier molecular flexibility index (Phi) is 9.70. The van der Waals surface area contributed by atoms with Gasteiger partial charge in [0, 0.05) is 31.8 Å². The van der Waals surface area contributed by atoms with Gasteiger partial charge in [-0.05, 0) is 53.1 Å². The summed E-state index contributed by atoms with van der Waals surface area (Å²) in [4.78, 5) is 2.38. The minimum Gasteiger partial charge on any atom is -0.381 e. The van der Waals surface area contributed by atoms with E-state index in [0.29, 0.717) is 0 Å². The zero-order valence-corrected chi connectivity index (χ0v) is 13.4. The number of ether oxygens (including phenoxy) is 1. The summed E-state index contributed by atoms with van der Waals surface area (Å²) in [5.41, 5.74) is 0.222. The van der Waals surface area contributed by atoms with Crippen molar-refractivity contribution in [3.63, 3.8) is 0 Å². The number of nitrogens with zero attached hydrogens (tertiary/aromatic N) is 1. The van der Waals surface area contributed by atoms with Crippen molar-refractivity contribution >= 4 is 0 Å². The van der Waals surface area contributed by atoms with Gasteiger partial charge < -0.3 is 15.0 Å². The Morgan fingerprint density at radius 1 is 1.11 bits per heavy atom. The molecule has 0 rings (SSSR count). The maximum Gasteiger partial charge on any atom is 0.0478 e. The molecule has 0 aliphatic heterocycles. The highest BCUT2D eigenvalue weighted by Gasteiger charge is 2.06. The lowest BCUT2D eigenvalue weighted by Gasteiger charge is -2.20. The fraction of sp³-hybridized carbons (Fsp3) is 1.00. The van der Waals surface area contributed by atoms with E-state index in [4.69, 9.17) is 4.74 Å². The van der Waals surface area contributed by atoms with Gasteiger partial charge in [0.15, 0.2) is 0 Å². The van der Waals surface area contributed by atoms with Crippen molar-refractivity contribution in [3.05, 3.63) is 0 Å². The van der Waals surface area contributed by atoms with Crippen LogP contribution in [0, 0.1) is 5.92 Å². The van der Waals surface area contributed by atoms with Crippen molar-refractivity contribution in [1.82, 2.24) is 10.2 Å². The Bertz CT molecular complexity index is 187. The smallest absolute Gasteiger partial charge is 0.0478 e. The minimum atomic E-state index is 0.222. The predicted molar refractivity (Wildman–Crippen MR) is 80.1 cm³/mol. The molecule has 0 heterocycles. The molecule has 0 aromatic rings. The SMILES string of the molecule is CC(C)CN(C)CCCOCCCNC(C)(C)C. The predicted octanol–water partition coefficient (Wildman–Crippen LogP) is 2.76. The normalized spacial score (nSPS) is 12.7. The van der Waals surface area contributed by atoms with Crippen molar-refractivity contribution in [3.8, 4) is 0 Å². The number of hydrogen-bond acceptors (Lipinski definition) is 3. The molecule has 0 saturated heterocycles. The van der Waals surface area contributed by atoms with E-state index in [-0.39, 0.29) is 5.54 Å². The Balaban J connectivity index is 3.21. The topological polar surface area (TPSA) is 24.5 Å². The molecule has 0 spiro atoms.